The zero-order chi connectivity index (χ0) is 12.9. The third-order valence-electron chi connectivity index (χ3n) is 3.74. The molecule has 0 nitrogen and oxygen atoms in total. The minimum atomic E-state index is -1.52. The van der Waals surface area contributed by atoms with Crippen LogP contribution in [0.3, 0.4) is 0 Å². The monoisotopic (exact) mass is 236 g/mol. The standard InChI is InChI=1S/C15H28Si/c1-9-15(8)10-11-16(12(2)3,13(4)5)14(6)7/h9,12-15H,1H2,2-8H3/t15-/m0/s1. The van der Waals surface area contributed by atoms with Crippen LogP contribution in [0.4, 0.5) is 0 Å². The summed E-state index contributed by atoms with van der Waals surface area (Å²) >= 11 is 0. The highest BCUT2D eigenvalue weighted by molar-refractivity contribution is 6.90. The van der Waals surface area contributed by atoms with Gasteiger partial charge in [-0.15, -0.1) is 18.0 Å². The van der Waals surface area contributed by atoms with Crippen LogP contribution in [-0.4, -0.2) is 8.07 Å². The van der Waals surface area contributed by atoms with E-state index in [4.69, 9.17) is 0 Å². The molecule has 0 fully saturated rings. The van der Waals surface area contributed by atoms with E-state index in [-0.39, 0.29) is 0 Å². The lowest BCUT2D eigenvalue weighted by molar-refractivity contribution is 0.837. The van der Waals surface area contributed by atoms with Crippen molar-refractivity contribution in [2.75, 3.05) is 0 Å². The molecule has 0 aliphatic heterocycles. The number of allylic oxidation sites excluding steroid dienone is 1. The summed E-state index contributed by atoms with van der Waals surface area (Å²) in [6.07, 6.45) is 1.94. The molecule has 0 aromatic rings. The van der Waals surface area contributed by atoms with Crippen LogP contribution in [-0.2, 0) is 0 Å². The fourth-order valence-electron chi connectivity index (χ4n) is 2.73. The molecule has 1 heteroatoms. The highest BCUT2D eigenvalue weighted by atomic mass is 28.3. The first-order valence-corrected chi connectivity index (χ1v) is 8.67. The van der Waals surface area contributed by atoms with E-state index in [9.17, 15) is 0 Å². The molecule has 0 saturated heterocycles. The van der Waals surface area contributed by atoms with Crippen molar-refractivity contribution < 1.29 is 0 Å². The van der Waals surface area contributed by atoms with Crippen molar-refractivity contribution in [3.63, 3.8) is 0 Å². The third-order valence-corrected chi connectivity index (χ3v) is 10.0. The van der Waals surface area contributed by atoms with Crippen molar-refractivity contribution in [2.45, 2.75) is 65.1 Å². The van der Waals surface area contributed by atoms with Crippen molar-refractivity contribution >= 4 is 8.07 Å². The predicted octanol–water partition coefficient (Wildman–Crippen LogP) is 5.03. The Morgan fingerprint density at radius 3 is 1.50 bits per heavy atom. The van der Waals surface area contributed by atoms with Crippen LogP contribution < -0.4 is 0 Å². The van der Waals surface area contributed by atoms with Crippen LogP contribution in [0.15, 0.2) is 12.7 Å². The molecular weight excluding hydrogens is 208 g/mol. The maximum atomic E-state index is 3.81. The molecule has 0 aromatic carbocycles. The van der Waals surface area contributed by atoms with Crippen LogP contribution in [0.1, 0.15) is 48.5 Å². The lowest BCUT2D eigenvalue weighted by atomic mass is 10.2. The van der Waals surface area contributed by atoms with Crippen LogP contribution >= 0.6 is 0 Å². The molecule has 0 N–H and O–H groups in total. The number of hydrogen-bond acceptors (Lipinski definition) is 0. The van der Waals surface area contributed by atoms with E-state index in [1.807, 2.05) is 6.08 Å². The molecule has 0 aliphatic carbocycles. The average molecular weight is 236 g/mol. The normalized spacial score (nSPS) is 13.9. The lowest BCUT2D eigenvalue weighted by Crippen LogP contribution is -2.43. The molecular formula is C15H28Si. The summed E-state index contributed by atoms with van der Waals surface area (Å²) in [6, 6.07) is 0. The fourth-order valence-corrected chi connectivity index (χ4v) is 8.07. The van der Waals surface area contributed by atoms with E-state index in [1.54, 1.807) is 0 Å². The molecule has 0 aromatic heterocycles. The quantitative estimate of drug-likeness (QED) is 0.365. The highest BCUT2D eigenvalue weighted by Crippen LogP contribution is 2.40. The van der Waals surface area contributed by atoms with E-state index in [1.165, 1.54) is 0 Å². The summed E-state index contributed by atoms with van der Waals surface area (Å²) in [5, 5.41) is 0. The maximum absolute atomic E-state index is 3.81. The minimum absolute atomic E-state index is 0.322. The molecule has 0 rings (SSSR count). The Hall–Kier alpha value is -0.483. The molecule has 0 bridgehead atoms. The molecule has 1 atom stereocenters. The van der Waals surface area contributed by atoms with Gasteiger partial charge in [0.25, 0.3) is 0 Å². The molecule has 16 heavy (non-hydrogen) atoms. The van der Waals surface area contributed by atoms with Gasteiger partial charge in [-0.05, 0) is 23.5 Å². The topological polar surface area (TPSA) is 0 Å². The first kappa shape index (κ1) is 15.5. The Morgan fingerprint density at radius 2 is 1.25 bits per heavy atom. The molecule has 92 valence electrons. The Labute approximate surface area is 104 Å². The first-order chi connectivity index (χ1) is 7.28. The van der Waals surface area contributed by atoms with Gasteiger partial charge in [0, 0.05) is 5.92 Å². The van der Waals surface area contributed by atoms with Crippen molar-refractivity contribution in [1.82, 2.24) is 0 Å². The second-order valence-electron chi connectivity index (χ2n) is 5.69. The number of rotatable bonds is 4. The molecule has 0 heterocycles. The SMILES string of the molecule is C=C[C@H](C)C#C[Si](C(C)C)(C(C)C)C(C)C. The second-order valence-corrected chi connectivity index (χ2v) is 11.3. The van der Waals surface area contributed by atoms with Crippen molar-refractivity contribution in [3.05, 3.63) is 12.7 Å². The summed E-state index contributed by atoms with van der Waals surface area (Å²) in [6.45, 7) is 20.0. The maximum Gasteiger partial charge on any atom is 0.145 e. The molecule has 0 amide bonds. The van der Waals surface area contributed by atoms with Gasteiger partial charge in [0.15, 0.2) is 0 Å². The molecule has 0 saturated carbocycles. The zero-order valence-electron chi connectivity index (χ0n) is 12.1. The van der Waals surface area contributed by atoms with Gasteiger partial charge in [0.05, 0.1) is 0 Å². The van der Waals surface area contributed by atoms with Gasteiger partial charge in [-0.1, -0.05) is 47.6 Å². The van der Waals surface area contributed by atoms with Gasteiger partial charge >= 0.3 is 0 Å². The lowest BCUT2D eigenvalue weighted by Gasteiger charge is -2.38. The average Bonchev–Trinajstić information content (AvgIpc) is 2.16. The highest BCUT2D eigenvalue weighted by Gasteiger charge is 2.41. The molecule has 0 aliphatic rings. The Morgan fingerprint density at radius 1 is 0.875 bits per heavy atom. The summed E-state index contributed by atoms with van der Waals surface area (Å²) in [5.41, 5.74) is 5.86. The summed E-state index contributed by atoms with van der Waals surface area (Å²) in [7, 11) is -1.52. The molecule has 0 radical (unpaired) electrons. The van der Waals surface area contributed by atoms with E-state index < -0.39 is 8.07 Å². The van der Waals surface area contributed by atoms with Crippen LogP contribution in [0, 0.1) is 17.4 Å². The van der Waals surface area contributed by atoms with Crippen molar-refractivity contribution in [3.8, 4) is 11.5 Å². The van der Waals surface area contributed by atoms with Gasteiger partial charge in [0.1, 0.15) is 8.07 Å². The molecule has 0 spiro atoms. The smallest absolute Gasteiger partial charge is 0.130 e. The largest absolute Gasteiger partial charge is 0.145 e. The summed E-state index contributed by atoms with van der Waals surface area (Å²) in [4.78, 5) is 0. The van der Waals surface area contributed by atoms with Gasteiger partial charge in [0.2, 0.25) is 0 Å². The van der Waals surface area contributed by atoms with Crippen molar-refractivity contribution in [2.24, 2.45) is 5.92 Å². The molecule has 0 unspecified atom stereocenters. The van der Waals surface area contributed by atoms with E-state index in [0.717, 1.165) is 16.6 Å². The van der Waals surface area contributed by atoms with Crippen LogP contribution in [0.25, 0.3) is 0 Å². The van der Waals surface area contributed by atoms with E-state index in [0.29, 0.717) is 5.92 Å². The van der Waals surface area contributed by atoms with E-state index >= 15 is 0 Å². The van der Waals surface area contributed by atoms with Gasteiger partial charge in [-0.25, -0.2) is 0 Å². The van der Waals surface area contributed by atoms with Gasteiger partial charge in [-0.2, -0.15) is 0 Å². The second kappa shape index (κ2) is 6.30. The Bertz CT molecular complexity index is 254. The summed E-state index contributed by atoms with van der Waals surface area (Å²) < 4.78 is 0. The Balaban J connectivity index is 5.34. The number of hydrogen-bond donors (Lipinski definition) is 0. The van der Waals surface area contributed by atoms with Crippen LogP contribution in [0.2, 0.25) is 16.6 Å². The third kappa shape index (κ3) is 3.25. The Kier molecular flexibility index (Phi) is 6.11. The van der Waals surface area contributed by atoms with Crippen molar-refractivity contribution in [1.29, 1.82) is 0 Å². The van der Waals surface area contributed by atoms with Gasteiger partial charge < -0.3 is 0 Å². The zero-order valence-corrected chi connectivity index (χ0v) is 13.1. The fraction of sp³-hybridized carbons (Fsp3) is 0.733. The minimum Gasteiger partial charge on any atom is -0.130 e. The summed E-state index contributed by atoms with van der Waals surface area (Å²) in [5.74, 6) is 3.73. The first-order valence-electron chi connectivity index (χ1n) is 6.44. The van der Waals surface area contributed by atoms with Crippen LogP contribution in [0.5, 0.6) is 0 Å². The van der Waals surface area contributed by atoms with E-state index in [2.05, 4.69) is 66.5 Å². The van der Waals surface area contributed by atoms with Gasteiger partial charge in [-0.3, -0.25) is 0 Å². The predicted molar refractivity (Wildman–Crippen MR) is 78.2 cm³/mol.